The second-order valence-corrected chi connectivity index (χ2v) is 11.9. The smallest absolute Gasteiger partial charge is 0.243 e. The predicted octanol–water partition coefficient (Wildman–Crippen LogP) is 1.03. The largest absolute Gasteiger partial charge is 0.353 e. The molecule has 0 saturated heterocycles. The first-order valence-corrected chi connectivity index (χ1v) is 15.3. The Morgan fingerprint density at radius 2 is 1.66 bits per heavy atom. The van der Waals surface area contributed by atoms with Gasteiger partial charge in [-0.15, -0.1) is 0 Å². The zero-order valence-corrected chi connectivity index (χ0v) is 26.6. The van der Waals surface area contributed by atoms with Crippen LogP contribution in [0.2, 0.25) is 0 Å². The SMILES string of the molecule is Cc1nc2n(n1)CC(=O)NCCN(C(=O)C(C)C)CCCC(=O)N[C@@H](C)C(=O)N[C@H](Cc1ccccc1)C(=O)N[C@H]2C(C)C. The Hall–Kier alpha value is -4.29. The van der Waals surface area contributed by atoms with E-state index in [4.69, 9.17) is 0 Å². The number of aromatic nitrogens is 3. The predicted molar refractivity (Wildman–Crippen MR) is 164 cm³/mol. The maximum absolute atomic E-state index is 13.8. The highest BCUT2D eigenvalue weighted by Gasteiger charge is 2.31. The summed E-state index contributed by atoms with van der Waals surface area (Å²) in [5.41, 5.74) is 0.844. The van der Waals surface area contributed by atoms with E-state index in [1.807, 2.05) is 44.2 Å². The molecule has 0 fully saturated rings. The molecule has 13 heteroatoms. The Morgan fingerprint density at radius 1 is 0.955 bits per heavy atom. The molecule has 2 heterocycles. The molecule has 1 aromatic heterocycles. The number of benzene rings is 1. The lowest BCUT2D eigenvalue weighted by atomic mass is 10.0. The van der Waals surface area contributed by atoms with Crippen LogP contribution in [0.3, 0.4) is 0 Å². The molecule has 0 aliphatic carbocycles. The van der Waals surface area contributed by atoms with E-state index in [0.29, 0.717) is 24.6 Å². The van der Waals surface area contributed by atoms with Crippen LogP contribution in [-0.2, 0) is 36.9 Å². The summed E-state index contributed by atoms with van der Waals surface area (Å²) in [7, 11) is 0. The average molecular weight is 611 g/mol. The standard InChI is InChI=1S/C31H46N8O5/c1-19(2)27-28-34-22(6)37-39(28)18-26(41)32-14-16-38(31(44)20(3)4)15-10-13-25(40)33-21(5)29(42)35-24(30(43)36-27)17-23-11-8-7-9-12-23/h7-9,11-12,19-21,24,27H,10,13-18H2,1-6H3,(H,32,41)(H,33,40)(H,35,42)(H,36,43)/t21-,24+,27-/m0/s1. The van der Waals surface area contributed by atoms with Gasteiger partial charge >= 0.3 is 0 Å². The van der Waals surface area contributed by atoms with E-state index in [-0.39, 0.29) is 62.0 Å². The zero-order valence-electron chi connectivity index (χ0n) is 26.6. The van der Waals surface area contributed by atoms with Gasteiger partial charge in [0.15, 0.2) is 5.82 Å². The van der Waals surface area contributed by atoms with Crippen LogP contribution in [-0.4, -0.2) is 80.9 Å². The van der Waals surface area contributed by atoms with Crippen LogP contribution in [0.5, 0.6) is 0 Å². The van der Waals surface area contributed by atoms with Gasteiger partial charge in [-0.2, -0.15) is 5.10 Å². The quantitative estimate of drug-likeness (QED) is 0.401. The summed E-state index contributed by atoms with van der Waals surface area (Å²) in [6, 6.07) is 6.85. The van der Waals surface area contributed by atoms with Gasteiger partial charge in [0.1, 0.15) is 24.5 Å². The number of nitrogens with zero attached hydrogens (tertiary/aromatic N) is 4. The number of rotatable bonds is 4. The Labute approximate surface area is 258 Å². The summed E-state index contributed by atoms with van der Waals surface area (Å²) in [5, 5.41) is 15.8. The normalized spacial score (nSPS) is 21.6. The molecule has 3 rings (SSSR count). The summed E-state index contributed by atoms with van der Waals surface area (Å²) < 4.78 is 1.48. The molecule has 0 bridgehead atoms. The molecule has 0 radical (unpaired) electrons. The Kier molecular flexibility index (Phi) is 12.4. The first kappa shape index (κ1) is 34.2. The molecular formula is C31H46N8O5. The molecule has 0 spiro atoms. The van der Waals surface area contributed by atoms with Gasteiger partial charge in [-0.1, -0.05) is 58.0 Å². The molecule has 1 aliphatic heterocycles. The van der Waals surface area contributed by atoms with E-state index in [1.165, 1.54) is 4.68 Å². The average Bonchev–Trinajstić information content (AvgIpc) is 3.32. The molecule has 44 heavy (non-hydrogen) atoms. The monoisotopic (exact) mass is 610 g/mol. The first-order valence-electron chi connectivity index (χ1n) is 15.3. The lowest BCUT2D eigenvalue weighted by Gasteiger charge is -2.27. The molecule has 13 nitrogen and oxygen atoms in total. The Balaban J connectivity index is 1.93. The van der Waals surface area contributed by atoms with Gasteiger partial charge in [-0.25, -0.2) is 9.67 Å². The molecular weight excluding hydrogens is 564 g/mol. The topological polar surface area (TPSA) is 167 Å². The first-order chi connectivity index (χ1) is 20.8. The number of aryl methyl sites for hydroxylation is 1. The summed E-state index contributed by atoms with van der Waals surface area (Å²) in [5.74, 6) is -1.20. The lowest BCUT2D eigenvalue weighted by molar-refractivity contribution is -0.135. The van der Waals surface area contributed by atoms with Crippen molar-refractivity contribution in [3.05, 3.63) is 47.5 Å². The summed E-state index contributed by atoms with van der Waals surface area (Å²) >= 11 is 0. The van der Waals surface area contributed by atoms with Gasteiger partial charge in [-0.05, 0) is 31.7 Å². The lowest BCUT2D eigenvalue weighted by Crippen LogP contribution is -2.54. The van der Waals surface area contributed by atoms with Crippen molar-refractivity contribution in [2.75, 3.05) is 19.6 Å². The number of amides is 5. The van der Waals surface area contributed by atoms with Crippen LogP contribution in [0.1, 0.15) is 70.7 Å². The summed E-state index contributed by atoms with van der Waals surface area (Å²) in [6.07, 6.45) is 0.700. The molecule has 0 saturated carbocycles. The van der Waals surface area contributed by atoms with Crippen LogP contribution in [0.25, 0.3) is 0 Å². The number of hydrogen-bond acceptors (Lipinski definition) is 7. The fourth-order valence-corrected chi connectivity index (χ4v) is 4.99. The van der Waals surface area contributed by atoms with Crippen molar-refractivity contribution < 1.29 is 24.0 Å². The van der Waals surface area contributed by atoms with Crippen LogP contribution < -0.4 is 21.3 Å². The summed E-state index contributed by atoms with van der Waals surface area (Å²) in [6.45, 7) is 11.4. The van der Waals surface area contributed by atoms with Gasteiger partial charge in [0.25, 0.3) is 0 Å². The van der Waals surface area contributed by atoms with E-state index in [0.717, 1.165) is 5.56 Å². The second-order valence-electron chi connectivity index (χ2n) is 11.9. The van der Waals surface area contributed by atoms with E-state index in [2.05, 4.69) is 31.3 Å². The fraction of sp³-hybridized carbons (Fsp3) is 0.581. The number of carbonyl (C=O) groups is 5. The van der Waals surface area contributed by atoms with Crippen LogP contribution >= 0.6 is 0 Å². The zero-order chi connectivity index (χ0) is 32.4. The number of carbonyl (C=O) groups excluding carboxylic acids is 5. The van der Waals surface area contributed by atoms with Gasteiger partial charge < -0.3 is 26.2 Å². The highest BCUT2D eigenvalue weighted by atomic mass is 16.2. The van der Waals surface area contributed by atoms with Crippen LogP contribution in [0.15, 0.2) is 30.3 Å². The number of fused-ring (bicyclic) bond motifs is 1. The van der Waals surface area contributed by atoms with E-state index in [1.54, 1.807) is 32.6 Å². The van der Waals surface area contributed by atoms with Gasteiger partial charge in [0.05, 0.1) is 6.04 Å². The molecule has 0 unspecified atom stereocenters. The van der Waals surface area contributed by atoms with Gasteiger partial charge in [0, 0.05) is 38.4 Å². The van der Waals surface area contributed by atoms with E-state index < -0.39 is 29.9 Å². The third-order valence-corrected chi connectivity index (χ3v) is 7.37. The second kappa shape index (κ2) is 16.0. The minimum Gasteiger partial charge on any atom is -0.353 e. The maximum atomic E-state index is 13.8. The molecule has 240 valence electrons. The fourth-order valence-electron chi connectivity index (χ4n) is 4.99. The number of hydrogen-bond donors (Lipinski definition) is 4. The highest BCUT2D eigenvalue weighted by Crippen LogP contribution is 2.21. The van der Waals surface area contributed by atoms with Gasteiger partial charge in [-0.3, -0.25) is 24.0 Å². The van der Waals surface area contributed by atoms with Crippen molar-refractivity contribution in [2.45, 2.75) is 85.5 Å². The van der Waals surface area contributed by atoms with Crippen molar-refractivity contribution in [1.29, 1.82) is 0 Å². The Morgan fingerprint density at radius 3 is 2.32 bits per heavy atom. The van der Waals surface area contributed by atoms with Crippen molar-refractivity contribution in [3.63, 3.8) is 0 Å². The van der Waals surface area contributed by atoms with Crippen LogP contribution in [0, 0.1) is 18.8 Å². The van der Waals surface area contributed by atoms with Crippen LogP contribution in [0.4, 0.5) is 0 Å². The van der Waals surface area contributed by atoms with Gasteiger partial charge in [0.2, 0.25) is 29.5 Å². The third-order valence-electron chi connectivity index (χ3n) is 7.37. The third kappa shape index (κ3) is 9.88. The Bertz CT molecular complexity index is 1310. The van der Waals surface area contributed by atoms with Crippen molar-refractivity contribution in [3.8, 4) is 0 Å². The molecule has 4 N–H and O–H groups in total. The number of nitrogens with one attached hydrogen (secondary N) is 4. The molecule has 1 aromatic carbocycles. The van der Waals surface area contributed by atoms with Crippen molar-refractivity contribution in [1.82, 2.24) is 40.9 Å². The van der Waals surface area contributed by atoms with Crippen molar-refractivity contribution >= 4 is 29.5 Å². The van der Waals surface area contributed by atoms with E-state index >= 15 is 0 Å². The molecule has 5 amide bonds. The van der Waals surface area contributed by atoms with E-state index in [9.17, 15) is 24.0 Å². The maximum Gasteiger partial charge on any atom is 0.243 e. The minimum absolute atomic E-state index is 0.0799. The minimum atomic E-state index is -0.951. The summed E-state index contributed by atoms with van der Waals surface area (Å²) in [4.78, 5) is 71.6. The highest BCUT2D eigenvalue weighted by molar-refractivity contribution is 5.92. The molecule has 2 aromatic rings. The molecule has 1 aliphatic rings. The van der Waals surface area contributed by atoms with Crippen molar-refractivity contribution in [2.24, 2.45) is 11.8 Å². The molecule has 3 atom stereocenters.